The van der Waals surface area contributed by atoms with Crippen molar-refractivity contribution >= 4 is 23.1 Å². The molecule has 0 saturated carbocycles. The van der Waals surface area contributed by atoms with E-state index in [0.717, 1.165) is 28.3 Å². The summed E-state index contributed by atoms with van der Waals surface area (Å²) >= 11 is 1.44. The molecule has 0 spiro atoms. The summed E-state index contributed by atoms with van der Waals surface area (Å²) in [6.45, 7) is 7.63. The van der Waals surface area contributed by atoms with Gasteiger partial charge in [0.25, 0.3) is 0 Å². The van der Waals surface area contributed by atoms with E-state index in [1.54, 1.807) is 32.0 Å². The van der Waals surface area contributed by atoms with E-state index in [4.69, 9.17) is 9.47 Å². The Morgan fingerprint density at radius 3 is 2.36 bits per heavy atom. The van der Waals surface area contributed by atoms with Gasteiger partial charge in [0.05, 0.1) is 17.9 Å². The molecule has 0 aliphatic carbocycles. The van der Waals surface area contributed by atoms with Crippen LogP contribution in [-0.4, -0.2) is 30.0 Å². The average Bonchev–Trinajstić information content (AvgIpc) is 3.26. The fourth-order valence-electron chi connectivity index (χ4n) is 3.62. The molecular weight excluding hydrogens is 491 g/mol. The number of benzene rings is 2. The molecule has 0 atom stereocenters. The van der Waals surface area contributed by atoms with E-state index in [2.05, 4.69) is 4.98 Å². The number of ether oxygens (including phenoxy) is 2. The molecule has 0 bridgehead atoms. The van der Waals surface area contributed by atoms with Crippen LogP contribution in [0.2, 0.25) is 0 Å². The molecular formula is C27H28F3NO4S. The third-order valence-corrected chi connectivity index (χ3v) is 6.90. The first-order valence-electron chi connectivity index (χ1n) is 11.6. The van der Waals surface area contributed by atoms with Gasteiger partial charge in [-0.05, 0) is 62.1 Å². The highest BCUT2D eigenvalue weighted by atomic mass is 32.1. The largest absolute Gasteiger partial charge is 0.482 e. The maximum atomic E-state index is 12.9. The third-order valence-electron chi connectivity index (χ3n) is 5.45. The molecule has 0 aliphatic heterocycles. The van der Waals surface area contributed by atoms with Crippen molar-refractivity contribution in [3.8, 4) is 16.3 Å². The average molecular weight is 520 g/mol. The number of aromatic nitrogens is 1. The Kier molecular flexibility index (Phi) is 8.89. The number of hydrogen-bond donors (Lipinski definition) is 0. The van der Waals surface area contributed by atoms with Gasteiger partial charge in [-0.25, -0.2) is 9.78 Å². The summed E-state index contributed by atoms with van der Waals surface area (Å²) in [6, 6.07) is 10.0. The minimum absolute atomic E-state index is 0.0613. The smallest absolute Gasteiger partial charge is 0.416 e. The molecule has 0 fully saturated rings. The molecule has 0 amide bonds. The van der Waals surface area contributed by atoms with Crippen LogP contribution >= 0.6 is 11.3 Å². The molecule has 9 heteroatoms. The molecule has 36 heavy (non-hydrogen) atoms. The summed E-state index contributed by atoms with van der Waals surface area (Å²) in [4.78, 5) is 30.0. The molecule has 0 unspecified atom stereocenters. The highest BCUT2D eigenvalue weighted by Crippen LogP contribution is 2.36. The molecule has 2 aromatic carbocycles. The number of aryl methyl sites for hydroxylation is 2. The summed E-state index contributed by atoms with van der Waals surface area (Å²) in [6.07, 6.45) is -3.73. The van der Waals surface area contributed by atoms with Gasteiger partial charge >= 0.3 is 12.1 Å². The number of hydrogen-bond acceptors (Lipinski definition) is 6. The Bertz CT molecular complexity index is 1220. The number of esters is 1. The van der Waals surface area contributed by atoms with Crippen LogP contribution in [0.4, 0.5) is 13.2 Å². The predicted molar refractivity (Wildman–Crippen MR) is 133 cm³/mol. The monoisotopic (exact) mass is 519 g/mol. The van der Waals surface area contributed by atoms with E-state index in [9.17, 15) is 22.8 Å². The number of carbonyl (C=O) groups excluding carboxylic acids is 2. The lowest BCUT2D eigenvalue weighted by molar-refractivity contribution is -0.145. The Morgan fingerprint density at radius 1 is 1.08 bits per heavy atom. The van der Waals surface area contributed by atoms with Crippen molar-refractivity contribution < 1.29 is 32.2 Å². The first-order valence-corrected chi connectivity index (χ1v) is 12.4. The van der Waals surface area contributed by atoms with Crippen LogP contribution < -0.4 is 4.74 Å². The molecule has 5 nitrogen and oxygen atoms in total. The second kappa shape index (κ2) is 11.7. The molecule has 192 valence electrons. The fraction of sp³-hybridized carbons (Fsp3) is 0.370. The van der Waals surface area contributed by atoms with E-state index in [1.165, 1.54) is 23.5 Å². The lowest BCUT2D eigenvalue weighted by atomic mass is 10.0. The topological polar surface area (TPSA) is 65.5 Å². The maximum absolute atomic E-state index is 12.9. The molecule has 3 rings (SSSR count). The standard InChI is InChI=1S/C27H28F3NO4S/c1-5-34-24(33)15-35-23-13-8-19(14-17(23)4)22(32)12-11-21-25(16(2)3)36-26(31-21)18-6-9-20(10-7-18)27(28,29)30/h6-10,13-14,16H,5,11-12,15H2,1-4H3. The van der Waals surface area contributed by atoms with Crippen molar-refractivity contribution in [2.24, 2.45) is 0 Å². The van der Waals surface area contributed by atoms with E-state index < -0.39 is 17.7 Å². The number of thiazole rings is 1. The van der Waals surface area contributed by atoms with E-state index in [0.29, 0.717) is 28.3 Å². The summed E-state index contributed by atoms with van der Waals surface area (Å²) < 4.78 is 49.0. The van der Waals surface area contributed by atoms with Gasteiger partial charge < -0.3 is 9.47 Å². The zero-order valence-electron chi connectivity index (χ0n) is 20.6. The minimum Gasteiger partial charge on any atom is -0.482 e. The van der Waals surface area contributed by atoms with Gasteiger partial charge in [-0.1, -0.05) is 26.0 Å². The number of ketones is 1. The quantitative estimate of drug-likeness (QED) is 0.213. The number of alkyl halides is 3. The maximum Gasteiger partial charge on any atom is 0.416 e. The van der Waals surface area contributed by atoms with Gasteiger partial charge in [0, 0.05) is 22.4 Å². The number of rotatable bonds is 10. The molecule has 0 saturated heterocycles. The zero-order valence-corrected chi connectivity index (χ0v) is 21.4. The van der Waals surface area contributed by atoms with Crippen LogP contribution in [0.25, 0.3) is 10.6 Å². The highest BCUT2D eigenvalue weighted by Gasteiger charge is 2.30. The number of Topliss-reactive ketones (excluding diaryl/α,β-unsaturated/α-hetero) is 1. The number of halogens is 3. The van der Waals surface area contributed by atoms with E-state index in [1.807, 2.05) is 13.8 Å². The molecule has 3 aromatic rings. The molecule has 1 heterocycles. The van der Waals surface area contributed by atoms with Gasteiger partial charge in [0.2, 0.25) is 0 Å². The third kappa shape index (κ3) is 6.94. The van der Waals surface area contributed by atoms with Crippen molar-refractivity contribution in [2.75, 3.05) is 13.2 Å². The second-order valence-corrected chi connectivity index (χ2v) is 9.59. The van der Waals surface area contributed by atoms with Crippen LogP contribution in [0.3, 0.4) is 0 Å². The molecule has 0 radical (unpaired) electrons. The fourth-order valence-corrected chi connectivity index (χ4v) is 4.74. The van der Waals surface area contributed by atoms with E-state index >= 15 is 0 Å². The normalized spacial score (nSPS) is 11.6. The van der Waals surface area contributed by atoms with Crippen molar-refractivity contribution in [3.05, 3.63) is 69.7 Å². The van der Waals surface area contributed by atoms with Crippen molar-refractivity contribution in [1.82, 2.24) is 4.98 Å². The Balaban J connectivity index is 1.70. The Hall–Kier alpha value is -3.20. The Morgan fingerprint density at radius 2 is 1.78 bits per heavy atom. The SMILES string of the molecule is CCOC(=O)COc1ccc(C(=O)CCc2nc(-c3ccc(C(F)(F)F)cc3)sc2C(C)C)cc1C. The van der Waals surface area contributed by atoms with Crippen molar-refractivity contribution in [1.29, 1.82) is 0 Å². The first kappa shape index (κ1) is 27.4. The number of nitrogens with zero attached hydrogens (tertiary/aromatic N) is 1. The van der Waals surface area contributed by atoms with Gasteiger partial charge in [-0.3, -0.25) is 4.79 Å². The molecule has 0 N–H and O–H groups in total. The van der Waals surface area contributed by atoms with Gasteiger partial charge in [0.15, 0.2) is 12.4 Å². The zero-order chi connectivity index (χ0) is 26.5. The Labute approximate surface area is 212 Å². The van der Waals surface area contributed by atoms with Crippen LogP contribution in [0.15, 0.2) is 42.5 Å². The lowest BCUT2D eigenvalue weighted by Crippen LogP contribution is -2.15. The first-order chi connectivity index (χ1) is 17.0. The van der Waals surface area contributed by atoms with Gasteiger partial charge in [-0.2, -0.15) is 13.2 Å². The van der Waals surface area contributed by atoms with Crippen molar-refractivity contribution in [3.63, 3.8) is 0 Å². The van der Waals surface area contributed by atoms with Crippen LogP contribution in [0.5, 0.6) is 5.75 Å². The van der Waals surface area contributed by atoms with Gasteiger partial charge in [0.1, 0.15) is 10.8 Å². The summed E-state index contributed by atoms with van der Waals surface area (Å²) in [5, 5.41) is 0.633. The van der Waals surface area contributed by atoms with Crippen LogP contribution in [-0.2, 0) is 22.1 Å². The van der Waals surface area contributed by atoms with Crippen LogP contribution in [0, 0.1) is 6.92 Å². The number of carbonyl (C=O) groups is 2. The van der Waals surface area contributed by atoms with Gasteiger partial charge in [-0.15, -0.1) is 11.3 Å². The lowest BCUT2D eigenvalue weighted by Gasteiger charge is -2.10. The molecule has 0 aliphatic rings. The second-order valence-electron chi connectivity index (χ2n) is 8.56. The summed E-state index contributed by atoms with van der Waals surface area (Å²) in [7, 11) is 0. The summed E-state index contributed by atoms with van der Waals surface area (Å²) in [5.41, 5.74) is 1.95. The predicted octanol–water partition coefficient (Wildman–Crippen LogP) is 7.02. The summed E-state index contributed by atoms with van der Waals surface area (Å²) in [5.74, 6) is 0.141. The highest BCUT2D eigenvalue weighted by molar-refractivity contribution is 7.15. The van der Waals surface area contributed by atoms with Crippen LogP contribution in [0.1, 0.15) is 65.2 Å². The van der Waals surface area contributed by atoms with E-state index in [-0.39, 0.29) is 31.3 Å². The van der Waals surface area contributed by atoms with Crippen molar-refractivity contribution in [2.45, 2.75) is 52.6 Å². The minimum atomic E-state index is -4.39. The molecule has 1 aromatic heterocycles.